The van der Waals surface area contributed by atoms with E-state index in [0.717, 1.165) is 12.8 Å². The van der Waals surface area contributed by atoms with E-state index in [1.165, 1.54) is 0 Å². The average Bonchev–Trinajstić information content (AvgIpc) is 2.95. The second kappa shape index (κ2) is 3.72. The number of carboxylic acids is 1. The SMILES string of the molecule is CC(C)(C)c1oc(C2CC2)c(C=O)c1C(=O)O. The molecule has 4 nitrogen and oxygen atoms in total. The number of aldehydes is 1. The Hall–Kier alpha value is -1.58. The van der Waals surface area contributed by atoms with Crippen molar-refractivity contribution in [3.8, 4) is 0 Å². The zero-order valence-corrected chi connectivity index (χ0v) is 10.2. The molecule has 1 heterocycles. The minimum Gasteiger partial charge on any atom is -0.478 e. The van der Waals surface area contributed by atoms with Gasteiger partial charge in [0.1, 0.15) is 17.1 Å². The quantitative estimate of drug-likeness (QED) is 0.819. The lowest BCUT2D eigenvalue weighted by Crippen LogP contribution is -2.15. The Kier molecular flexibility index (Phi) is 2.60. The molecule has 1 aliphatic carbocycles. The van der Waals surface area contributed by atoms with E-state index in [-0.39, 0.29) is 17.0 Å². The van der Waals surface area contributed by atoms with Crippen molar-refractivity contribution in [1.82, 2.24) is 0 Å². The van der Waals surface area contributed by atoms with Gasteiger partial charge >= 0.3 is 5.97 Å². The summed E-state index contributed by atoms with van der Waals surface area (Å²) in [6, 6.07) is 0. The molecular formula is C13H16O4. The average molecular weight is 236 g/mol. The zero-order chi connectivity index (χ0) is 12.8. The fourth-order valence-corrected chi connectivity index (χ4v) is 1.97. The van der Waals surface area contributed by atoms with E-state index in [2.05, 4.69) is 0 Å². The molecule has 4 heteroatoms. The van der Waals surface area contributed by atoms with Crippen LogP contribution in [0, 0.1) is 0 Å². The molecule has 17 heavy (non-hydrogen) atoms. The number of carbonyl (C=O) groups is 2. The Labute approximate surface area is 99.6 Å². The van der Waals surface area contributed by atoms with Crippen LogP contribution in [0.5, 0.6) is 0 Å². The first kappa shape index (κ1) is 11.9. The van der Waals surface area contributed by atoms with Crippen molar-refractivity contribution in [3.63, 3.8) is 0 Å². The largest absolute Gasteiger partial charge is 0.478 e. The Morgan fingerprint density at radius 1 is 1.41 bits per heavy atom. The van der Waals surface area contributed by atoms with Gasteiger partial charge in [0.25, 0.3) is 0 Å². The van der Waals surface area contributed by atoms with Crippen LogP contribution in [0.25, 0.3) is 0 Å². The van der Waals surface area contributed by atoms with Gasteiger partial charge in [-0.1, -0.05) is 20.8 Å². The molecular weight excluding hydrogens is 220 g/mol. The minimum atomic E-state index is -1.09. The summed E-state index contributed by atoms with van der Waals surface area (Å²) >= 11 is 0. The normalized spacial score (nSPS) is 15.9. The van der Waals surface area contributed by atoms with E-state index in [1.54, 1.807) is 0 Å². The van der Waals surface area contributed by atoms with Gasteiger partial charge in [-0.2, -0.15) is 0 Å². The molecule has 0 atom stereocenters. The lowest BCUT2D eigenvalue weighted by Gasteiger charge is -2.15. The van der Waals surface area contributed by atoms with Crippen LogP contribution in [-0.4, -0.2) is 17.4 Å². The van der Waals surface area contributed by atoms with Crippen molar-refractivity contribution in [2.45, 2.75) is 44.9 Å². The van der Waals surface area contributed by atoms with Gasteiger partial charge in [-0.25, -0.2) is 4.79 Å². The van der Waals surface area contributed by atoms with E-state index >= 15 is 0 Å². The molecule has 1 aromatic heterocycles. The molecule has 0 amide bonds. The first-order valence-corrected chi connectivity index (χ1v) is 5.72. The molecule has 0 aromatic carbocycles. The summed E-state index contributed by atoms with van der Waals surface area (Å²) in [6.07, 6.45) is 2.55. The van der Waals surface area contributed by atoms with Crippen molar-refractivity contribution in [2.24, 2.45) is 0 Å². The van der Waals surface area contributed by atoms with Crippen LogP contribution >= 0.6 is 0 Å². The topological polar surface area (TPSA) is 67.5 Å². The fourth-order valence-electron chi connectivity index (χ4n) is 1.97. The fraction of sp³-hybridized carbons (Fsp3) is 0.538. The molecule has 1 N–H and O–H groups in total. The highest BCUT2D eigenvalue weighted by atomic mass is 16.4. The summed E-state index contributed by atoms with van der Waals surface area (Å²) in [5, 5.41) is 9.24. The monoisotopic (exact) mass is 236 g/mol. The minimum absolute atomic E-state index is 0.0365. The summed E-state index contributed by atoms with van der Waals surface area (Å²) in [5.74, 6) is 0.0911. The summed E-state index contributed by atoms with van der Waals surface area (Å²) < 4.78 is 5.67. The molecule has 1 saturated carbocycles. The Balaban J connectivity index is 2.66. The van der Waals surface area contributed by atoms with Crippen molar-refractivity contribution in [2.75, 3.05) is 0 Å². The highest BCUT2D eigenvalue weighted by Gasteiger charge is 2.37. The predicted molar refractivity (Wildman–Crippen MR) is 61.7 cm³/mol. The molecule has 1 aromatic rings. The van der Waals surface area contributed by atoms with E-state index in [1.807, 2.05) is 20.8 Å². The van der Waals surface area contributed by atoms with Crippen molar-refractivity contribution >= 4 is 12.3 Å². The van der Waals surface area contributed by atoms with Gasteiger partial charge in [0.2, 0.25) is 0 Å². The third kappa shape index (κ3) is 1.99. The summed E-state index contributed by atoms with van der Waals surface area (Å²) in [4.78, 5) is 22.4. The van der Waals surface area contributed by atoms with Crippen LogP contribution in [0.2, 0.25) is 0 Å². The van der Waals surface area contributed by atoms with Crippen LogP contribution in [-0.2, 0) is 5.41 Å². The van der Waals surface area contributed by atoms with Gasteiger partial charge in [-0.05, 0) is 12.8 Å². The summed E-state index contributed by atoms with van der Waals surface area (Å²) in [7, 11) is 0. The number of carboxylic acid groups (broad SMARTS) is 1. The van der Waals surface area contributed by atoms with E-state index < -0.39 is 11.4 Å². The molecule has 0 radical (unpaired) electrons. The van der Waals surface area contributed by atoms with Gasteiger partial charge in [0.15, 0.2) is 6.29 Å². The van der Waals surface area contributed by atoms with E-state index in [9.17, 15) is 14.7 Å². The molecule has 92 valence electrons. The number of carbonyl (C=O) groups excluding carboxylic acids is 1. The Morgan fingerprint density at radius 3 is 2.35 bits per heavy atom. The molecule has 0 unspecified atom stereocenters. The maximum absolute atomic E-state index is 11.3. The second-order valence-electron chi connectivity index (χ2n) is 5.53. The summed E-state index contributed by atoms with van der Waals surface area (Å²) in [5.41, 5.74) is -0.155. The standard InChI is InChI=1S/C13H16O4/c1-13(2,3)11-9(12(15)16)8(6-14)10(17-11)7-4-5-7/h6-7H,4-5H2,1-3H3,(H,15,16). The molecule has 0 spiro atoms. The smallest absolute Gasteiger partial charge is 0.340 e. The number of furan rings is 1. The van der Waals surface area contributed by atoms with Gasteiger partial charge in [-0.3, -0.25) is 4.79 Å². The third-order valence-electron chi connectivity index (χ3n) is 2.93. The number of aromatic carboxylic acids is 1. The molecule has 1 aliphatic rings. The zero-order valence-electron chi connectivity index (χ0n) is 10.2. The first-order chi connectivity index (χ1) is 7.86. The molecule has 1 fully saturated rings. The van der Waals surface area contributed by atoms with E-state index in [0.29, 0.717) is 17.8 Å². The van der Waals surface area contributed by atoms with Gasteiger partial charge in [0.05, 0.1) is 5.56 Å². The Morgan fingerprint density at radius 2 is 2.00 bits per heavy atom. The highest BCUT2D eigenvalue weighted by Crippen LogP contribution is 2.45. The molecule has 0 saturated heterocycles. The van der Waals surface area contributed by atoms with Gasteiger partial charge < -0.3 is 9.52 Å². The molecule has 0 bridgehead atoms. The number of hydrogen-bond acceptors (Lipinski definition) is 3. The number of hydrogen-bond donors (Lipinski definition) is 1. The maximum Gasteiger partial charge on any atom is 0.340 e. The summed E-state index contributed by atoms with van der Waals surface area (Å²) in [6.45, 7) is 5.64. The van der Waals surface area contributed by atoms with Gasteiger partial charge in [-0.15, -0.1) is 0 Å². The maximum atomic E-state index is 11.3. The van der Waals surface area contributed by atoms with Crippen molar-refractivity contribution in [3.05, 3.63) is 22.6 Å². The lowest BCUT2D eigenvalue weighted by atomic mass is 9.89. The molecule has 2 rings (SSSR count). The number of rotatable bonds is 3. The van der Waals surface area contributed by atoms with Crippen LogP contribution in [0.15, 0.2) is 4.42 Å². The Bertz CT molecular complexity index is 472. The van der Waals surface area contributed by atoms with Crippen LogP contribution in [0.1, 0.15) is 71.8 Å². The van der Waals surface area contributed by atoms with Crippen LogP contribution in [0.4, 0.5) is 0 Å². The highest BCUT2D eigenvalue weighted by molar-refractivity contribution is 5.99. The second-order valence-corrected chi connectivity index (χ2v) is 5.53. The molecule has 0 aliphatic heterocycles. The third-order valence-corrected chi connectivity index (χ3v) is 2.93. The van der Waals surface area contributed by atoms with Gasteiger partial charge in [0, 0.05) is 11.3 Å². The first-order valence-electron chi connectivity index (χ1n) is 5.72. The van der Waals surface area contributed by atoms with Crippen LogP contribution < -0.4 is 0 Å². The lowest BCUT2D eigenvalue weighted by molar-refractivity contribution is 0.0689. The van der Waals surface area contributed by atoms with E-state index in [4.69, 9.17) is 4.42 Å². The van der Waals surface area contributed by atoms with Crippen molar-refractivity contribution in [1.29, 1.82) is 0 Å². The predicted octanol–water partition coefficient (Wildman–Crippen LogP) is 2.97. The van der Waals surface area contributed by atoms with Crippen molar-refractivity contribution < 1.29 is 19.1 Å². The van der Waals surface area contributed by atoms with Crippen LogP contribution in [0.3, 0.4) is 0 Å².